The molecule has 0 aliphatic rings. The Hall–Kier alpha value is -1.45. The second-order valence-electron chi connectivity index (χ2n) is 4.76. The number of nitrogens with zero attached hydrogens (tertiary/aromatic N) is 1. The third-order valence-corrected chi connectivity index (χ3v) is 3.53. The van der Waals surface area contributed by atoms with Crippen molar-refractivity contribution in [1.29, 1.82) is 0 Å². The molecular formula is C16H18ClFN2. The van der Waals surface area contributed by atoms with Crippen LogP contribution in [-0.2, 0) is 12.8 Å². The summed E-state index contributed by atoms with van der Waals surface area (Å²) in [6.45, 7) is 2.93. The monoisotopic (exact) mass is 292 g/mol. The number of pyridine rings is 1. The summed E-state index contributed by atoms with van der Waals surface area (Å²) in [7, 11) is 0. The van der Waals surface area contributed by atoms with Gasteiger partial charge in [0, 0.05) is 18.4 Å². The van der Waals surface area contributed by atoms with Gasteiger partial charge in [-0.3, -0.25) is 4.98 Å². The lowest BCUT2D eigenvalue weighted by Gasteiger charge is -2.18. The molecule has 0 bridgehead atoms. The highest BCUT2D eigenvalue weighted by Crippen LogP contribution is 2.17. The standard InChI is InChI=1S/C16H18ClFN2/c1-2-20-15(9-12-4-3-5-14(18)8-12)10-13-6-7-19-11-16(13)17/h3-8,11,15,20H,2,9-10H2,1H3. The molecule has 106 valence electrons. The second-order valence-corrected chi connectivity index (χ2v) is 5.17. The van der Waals surface area contributed by atoms with E-state index in [0.717, 1.165) is 30.5 Å². The SMILES string of the molecule is CCNC(Cc1cccc(F)c1)Cc1ccncc1Cl. The summed E-state index contributed by atoms with van der Waals surface area (Å²) < 4.78 is 13.2. The van der Waals surface area contributed by atoms with E-state index in [-0.39, 0.29) is 11.9 Å². The number of aromatic nitrogens is 1. The second kappa shape index (κ2) is 7.36. The van der Waals surface area contributed by atoms with Crippen molar-refractivity contribution in [2.45, 2.75) is 25.8 Å². The van der Waals surface area contributed by atoms with Crippen molar-refractivity contribution in [3.05, 3.63) is 64.7 Å². The van der Waals surface area contributed by atoms with Crippen molar-refractivity contribution in [1.82, 2.24) is 10.3 Å². The molecule has 2 aromatic rings. The van der Waals surface area contributed by atoms with Gasteiger partial charge in [-0.2, -0.15) is 0 Å². The summed E-state index contributed by atoms with van der Waals surface area (Å²) >= 11 is 6.15. The highest BCUT2D eigenvalue weighted by molar-refractivity contribution is 6.31. The predicted molar refractivity (Wildman–Crippen MR) is 80.5 cm³/mol. The number of halogens is 2. The number of hydrogen-bond donors (Lipinski definition) is 1. The van der Waals surface area contributed by atoms with E-state index in [1.54, 1.807) is 24.5 Å². The molecule has 1 aromatic carbocycles. The highest BCUT2D eigenvalue weighted by Gasteiger charge is 2.12. The molecule has 1 atom stereocenters. The fourth-order valence-corrected chi connectivity index (χ4v) is 2.49. The minimum absolute atomic E-state index is 0.195. The lowest BCUT2D eigenvalue weighted by atomic mass is 9.99. The maximum absolute atomic E-state index is 13.2. The van der Waals surface area contributed by atoms with Gasteiger partial charge in [0.15, 0.2) is 0 Å². The van der Waals surface area contributed by atoms with Gasteiger partial charge in [0.2, 0.25) is 0 Å². The van der Waals surface area contributed by atoms with Gasteiger partial charge >= 0.3 is 0 Å². The van der Waals surface area contributed by atoms with Crippen LogP contribution < -0.4 is 5.32 Å². The van der Waals surface area contributed by atoms with Crippen molar-refractivity contribution in [2.75, 3.05) is 6.54 Å². The summed E-state index contributed by atoms with van der Waals surface area (Å²) in [5, 5.41) is 4.10. The highest BCUT2D eigenvalue weighted by atomic mass is 35.5. The average Bonchev–Trinajstić information content (AvgIpc) is 2.42. The van der Waals surface area contributed by atoms with E-state index in [9.17, 15) is 4.39 Å². The first kappa shape index (κ1) is 14.9. The van der Waals surface area contributed by atoms with E-state index in [2.05, 4.69) is 17.2 Å². The minimum atomic E-state index is -0.195. The lowest BCUT2D eigenvalue weighted by molar-refractivity contribution is 0.519. The first-order valence-corrected chi connectivity index (χ1v) is 7.13. The van der Waals surface area contributed by atoms with Crippen molar-refractivity contribution < 1.29 is 4.39 Å². The molecule has 0 amide bonds. The average molecular weight is 293 g/mol. The Morgan fingerprint density at radius 2 is 2.15 bits per heavy atom. The number of rotatable bonds is 6. The van der Waals surface area contributed by atoms with E-state index in [1.165, 1.54) is 6.07 Å². The molecule has 0 fully saturated rings. The van der Waals surface area contributed by atoms with Crippen LogP contribution in [0.25, 0.3) is 0 Å². The van der Waals surface area contributed by atoms with Gasteiger partial charge in [0.1, 0.15) is 5.82 Å². The Balaban J connectivity index is 2.09. The van der Waals surface area contributed by atoms with Gasteiger partial charge in [-0.05, 0) is 48.7 Å². The maximum atomic E-state index is 13.2. The largest absolute Gasteiger partial charge is 0.314 e. The fraction of sp³-hybridized carbons (Fsp3) is 0.312. The summed E-state index contributed by atoms with van der Waals surface area (Å²) in [6, 6.07) is 8.89. The van der Waals surface area contributed by atoms with E-state index >= 15 is 0 Å². The van der Waals surface area contributed by atoms with Crippen LogP contribution in [0.3, 0.4) is 0 Å². The number of likely N-dealkylation sites (N-methyl/N-ethyl adjacent to an activating group) is 1. The first-order valence-electron chi connectivity index (χ1n) is 6.75. The Labute approximate surface area is 124 Å². The normalized spacial score (nSPS) is 12.3. The van der Waals surface area contributed by atoms with Crippen molar-refractivity contribution in [3.63, 3.8) is 0 Å². The molecule has 0 aliphatic heterocycles. The zero-order chi connectivity index (χ0) is 14.4. The summed E-state index contributed by atoms with van der Waals surface area (Å²) in [5.74, 6) is -0.195. The Morgan fingerprint density at radius 3 is 2.85 bits per heavy atom. The zero-order valence-electron chi connectivity index (χ0n) is 11.4. The van der Waals surface area contributed by atoms with Crippen LogP contribution in [0.15, 0.2) is 42.7 Å². The van der Waals surface area contributed by atoms with E-state index in [4.69, 9.17) is 11.6 Å². The van der Waals surface area contributed by atoms with E-state index in [1.807, 2.05) is 12.1 Å². The van der Waals surface area contributed by atoms with Crippen LogP contribution in [0.4, 0.5) is 4.39 Å². The molecule has 0 saturated carbocycles. The zero-order valence-corrected chi connectivity index (χ0v) is 12.2. The Bertz CT molecular complexity index is 560. The van der Waals surface area contributed by atoms with Gasteiger partial charge in [0.05, 0.1) is 5.02 Å². The first-order chi connectivity index (χ1) is 9.69. The molecule has 1 unspecified atom stereocenters. The third kappa shape index (κ3) is 4.29. The molecule has 1 aromatic heterocycles. The van der Waals surface area contributed by atoms with Gasteiger partial charge in [-0.15, -0.1) is 0 Å². The summed E-state index contributed by atoms with van der Waals surface area (Å²) in [6.07, 6.45) is 4.96. The van der Waals surface area contributed by atoms with Gasteiger partial charge < -0.3 is 5.32 Å². The van der Waals surface area contributed by atoms with Crippen LogP contribution in [0.2, 0.25) is 5.02 Å². The lowest BCUT2D eigenvalue weighted by Crippen LogP contribution is -2.33. The van der Waals surface area contributed by atoms with Crippen LogP contribution in [-0.4, -0.2) is 17.6 Å². The Morgan fingerprint density at radius 1 is 1.30 bits per heavy atom. The molecule has 4 heteroatoms. The van der Waals surface area contributed by atoms with Crippen LogP contribution in [0.1, 0.15) is 18.1 Å². The van der Waals surface area contributed by atoms with E-state index in [0.29, 0.717) is 5.02 Å². The molecule has 2 nitrogen and oxygen atoms in total. The molecule has 1 N–H and O–H groups in total. The molecule has 0 saturated heterocycles. The van der Waals surface area contributed by atoms with Crippen molar-refractivity contribution >= 4 is 11.6 Å². The van der Waals surface area contributed by atoms with Gasteiger partial charge in [0.25, 0.3) is 0 Å². The smallest absolute Gasteiger partial charge is 0.123 e. The van der Waals surface area contributed by atoms with Crippen LogP contribution in [0.5, 0.6) is 0 Å². The topological polar surface area (TPSA) is 24.9 Å². The quantitative estimate of drug-likeness (QED) is 0.879. The minimum Gasteiger partial charge on any atom is -0.314 e. The molecule has 1 heterocycles. The molecule has 20 heavy (non-hydrogen) atoms. The molecular weight excluding hydrogens is 275 g/mol. The van der Waals surface area contributed by atoms with Crippen LogP contribution in [0, 0.1) is 5.82 Å². The molecule has 0 radical (unpaired) electrons. The van der Waals surface area contributed by atoms with Crippen molar-refractivity contribution in [2.24, 2.45) is 0 Å². The van der Waals surface area contributed by atoms with E-state index < -0.39 is 0 Å². The number of nitrogens with one attached hydrogen (secondary N) is 1. The number of benzene rings is 1. The fourth-order valence-electron chi connectivity index (χ4n) is 2.29. The van der Waals surface area contributed by atoms with Crippen molar-refractivity contribution in [3.8, 4) is 0 Å². The molecule has 0 spiro atoms. The molecule has 0 aliphatic carbocycles. The Kier molecular flexibility index (Phi) is 5.50. The summed E-state index contributed by atoms with van der Waals surface area (Å²) in [4.78, 5) is 3.99. The predicted octanol–water partition coefficient (Wildman–Crippen LogP) is 3.64. The number of hydrogen-bond acceptors (Lipinski definition) is 2. The maximum Gasteiger partial charge on any atom is 0.123 e. The third-order valence-electron chi connectivity index (χ3n) is 3.19. The van der Waals surface area contributed by atoms with Gasteiger partial charge in [-0.25, -0.2) is 4.39 Å². The summed E-state index contributed by atoms with van der Waals surface area (Å²) in [5.41, 5.74) is 2.05. The van der Waals surface area contributed by atoms with Crippen LogP contribution >= 0.6 is 11.6 Å². The molecule has 2 rings (SSSR count). The van der Waals surface area contributed by atoms with Gasteiger partial charge in [-0.1, -0.05) is 30.7 Å².